The van der Waals surface area contributed by atoms with Crippen LogP contribution in [0.2, 0.25) is 0 Å². The zero-order valence-electron chi connectivity index (χ0n) is 11.5. The maximum Gasteiger partial charge on any atom is 0.236 e. The highest BCUT2D eigenvalue weighted by Gasteiger charge is 1.91. The standard InChI is InChI=1S/C14H28N2O/c1-3-4-5-6-7-8-9-10-11-12-13-15-16-14(2)17/h13H,3-12H2,1-2H3,(H,16,17)/b15-13+. The fraction of sp³-hybridized carbons (Fsp3) is 0.857. The average Bonchev–Trinajstić information content (AvgIpc) is 2.30. The summed E-state index contributed by atoms with van der Waals surface area (Å²) in [7, 11) is 0. The van der Waals surface area contributed by atoms with E-state index in [1.807, 2.05) is 0 Å². The van der Waals surface area contributed by atoms with Gasteiger partial charge in [0.1, 0.15) is 0 Å². The largest absolute Gasteiger partial charge is 0.274 e. The highest BCUT2D eigenvalue weighted by atomic mass is 16.2. The highest BCUT2D eigenvalue weighted by Crippen LogP contribution is 2.09. The van der Waals surface area contributed by atoms with Crippen molar-refractivity contribution in [1.29, 1.82) is 0 Å². The van der Waals surface area contributed by atoms with Gasteiger partial charge >= 0.3 is 0 Å². The van der Waals surface area contributed by atoms with Crippen molar-refractivity contribution in [2.24, 2.45) is 5.10 Å². The maximum absolute atomic E-state index is 10.5. The van der Waals surface area contributed by atoms with E-state index in [4.69, 9.17) is 0 Å². The van der Waals surface area contributed by atoms with Crippen LogP contribution in [0.25, 0.3) is 0 Å². The number of hydrogen-bond donors (Lipinski definition) is 1. The molecule has 0 aromatic rings. The van der Waals surface area contributed by atoms with Crippen molar-refractivity contribution in [1.82, 2.24) is 5.43 Å². The number of nitrogens with one attached hydrogen (secondary N) is 1. The summed E-state index contributed by atoms with van der Waals surface area (Å²) in [6, 6.07) is 0. The molecule has 17 heavy (non-hydrogen) atoms. The van der Waals surface area contributed by atoms with Crippen molar-refractivity contribution < 1.29 is 4.79 Å². The molecule has 3 heteroatoms. The van der Waals surface area contributed by atoms with E-state index in [1.165, 1.54) is 64.7 Å². The van der Waals surface area contributed by atoms with Gasteiger partial charge in [-0.25, -0.2) is 5.43 Å². The summed E-state index contributed by atoms with van der Waals surface area (Å²) < 4.78 is 0. The first-order chi connectivity index (χ1) is 8.27. The number of nitrogens with zero attached hydrogens (tertiary/aromatic N) is 1. The van der Waals surface area contributed by atoms with Crippen LogP contribution in [-0.4, -0.2) is 12.1 Å². The number of amides is 1. The Balaban J connectivity index is 3.03. The number of carbonyl (C=O) groups excluding carboxylic acids is 1. The zero-order valence-corrected chi connectivity index (χ0v) is 11.5. The van der Waals surface area contributed by atoms with Crippen molar-refractivity contribution in [2.75, 3.05) is 0 Å². The molecular formula is C14H28N2O. The Morgan fingerprint density at radius 2 is 1.53 bits per heavy atom. The quantitative estimate of drug-likeness (QED) is 0.331. The molecule has 0 bridgehead atoms. The van der Waals surface area contributed by atoms with E-state index in [9.17, 15) is 4.79 Å². The van der Waals surface area contributed by atoms with Gasteiger partial charge in [-0.1, -0.05) is 58.3 Å². The van der Waals surface area contributed by atoms with Gasteiger partial charge in [-0.05, 0) is 12.8 Å². The molecular weight excluding hydrogens is 212 g/mol. The fourth-order valence-electron chi connectivity index (χ4n) is 1.75. The smallest absolute Gasteiger partial charge is 0.236 e. The molecule has 0 aromatic heterocycles. The molecule has 0 spiro atoms. The summed E-state index contributed by atoms with van der Waals surface area (Å²) in [6.45, 7) is 3.72. The van der Waals surface area contributed by atoms with Crippen LogP contribution in [0.5, 0.6) is 0 Å². The van der Waals surface area contributed by atoms with Crippen molar-refractivity contribution in [3.63, 3.8) is 0 Å². The summed E-state index contributed by atoms with van der Waals surface area (Å²) in [5, 5.41) is 3.81. The first-order valence-corrected chi connectivity index (χ1v) is 7.05. The van der Waals surface area contributed by atoms with Crippen molar-refractivity contribution in [2.45, 2.75) is 78.1 Å². The lowest BCUT2D eigenvalue weighted by atomic mass is 10.1. The lowest BCUT2D eigenvalue weighted by Gasteiger charge is -2.00. The first kappa shape index (κ1) is 16.1. The zero-order chi connectivity index (χ0) is 12.8. The molecule has 1 N–H and O–H groups in total. The van der Waals surface area contributed by atoms with E-state index < -0.39 is 0 Å². The Hall–Kier alpha value is -0.860. The van der Waals surface area contributed by atoms with Crippen LogP contribution in [0.4, 0.5) is 0 Å². The van der Waals surface area contributed by atoms with Crippen LogP contribution >= 0.6 is 0 Å². The van der Waals surface area contributed by atoms with Crippen molar-refractivity contribution >= 4 is 12.1 Å². The third kappa shape index (κ3) is 15.1. The molecule has 0 saturated carbocycles. The average molecular weight is 240 g/mol. The fourth-order valence-corrected chi connectivity index (χ4v) is 1.75. The van der Waals surface area contributed by atoms with Gasteiger partial charge < -0.3 is 0 Å². The van der Waals surface area contributed by atoms with E-state index in [1.54, 1.807) is 6.21 Å². The number of unbranched alkanes of at least 4 members (excludes halogenated alkanes) is 9. The molecule has 0 aliphatic rings. The lowest BCUT2D eigenvalue weighted by molar-refractivity contribution is -0.118. The van der Waals surface area contributed by atoms with Gasteiger partial charge in [-0.3, -0.25) is 4.79 Å². The van der Waals surface area contributed by atoms with E-state index in [2.05, 4.69) is 17.5 Å². The van der Waals surface area contributed by atoms with Gasteiger partial charge in [0.05, 0.1) is 0 Å². The van der Waals surface area contributed by atoms with Gasteiger partial charge in [0, 0.05) is 13.1 Å². The summed E-state index contributed by atoms with van der Waals surface area (Å²) in [5.41, 5.74) is 2.41. The molecule has 0 unspecified atom stereocenters. The molecule has 3 nitrogen and oxygen atoms in total. The molecule has 0 aliphatic carbocycles. The Kier molecular flexibility index (Phi) is 12.5. The van der Waals surface area contributed by atoms with Gasteiger partial charge in [0.15, 0.2) is 0 Å². The second-order valence-corrected chi connectivity index (χ2v) is 4.60. The second kappa shape index (κ2) is 13.2. The Labute approximate surface area is 106 Å². The van der Waals surface area contributed by atoms with Crippen LogP contribution < -0.4 is 5.43 Å². The summed E-state index contributed by atoms with van der Waals surface area (Å²) in [4.78, 5) is 10.5. The normalized spacial score (nSPS) is 10.9. The predicted octanol–water partition coefficient (Wildman–Crippen LogP) is 4.03. The van der Waals surface area contributed by atoms with Gasteiger partial charge in [-0.15, -0.1) is 0 Å². The topological polar surface area (TPSA) is 41.5 Å². The molecule has 0 atom stereocenters. The van der Waals surface area contributed by atoms with E-state index in [0.717, 1.165) is 6.42 Å². The van der Waals surface area contributed by atoms with Crippen LogP contribution in [0.1, 0.15) is 78.1 Å². The van der Waals surface area contributed by atoms with E-state index in [-0.39, 0.29) is 5.91 Å². The lowest BCUT2D eigenvalue weighted by Crippen LogP contribution is -2.11. The van der Waals surface area contributed by atoms with E-state index in [0.29, 0.717) is 0 Å². The number of hydrogen-bond acceptors (Lipinski definition) is 2. The Morgan fingerprint density at radius 3 is 2.06 bits per heavy atom. The monoisotopic (exact) mass is 240 g/mol. The number of rotatable bonds is 11. The van der Waals surface area contributed by atoms with Crippen LogP contribution in [0.15, 0.2) is 5.10 Å². The first-order valence-electron chi connectivity index (χ1n) is 7.05. The summed E-state index contributed by atoms with van der Waals surface area (Å²) in [6.07, 6.45) is 14.8. The van der Waals surface area contributed by atoms with Crippen LogP contribution in [0.3, 0.4) is 0 Å². The molecule has 100 valence electrons. The molecule has 0 aliphatic heterocycles. The third-order valence-electron chi connectivity index (χ3n) is 2.75. The predicted molar refractivity (Wildman–Crippen MR) is 74.2 cm³/mol. The molecule has 0 fully saturated rings. The minimum Gasteiger partial charge on any atom is -0.274 e. The van der Waals surface area contributed by atoms with Gasteiger partial charge in [0.2, 0.25) is 5.91 Å². The number of hydrazone groups is 1. The van der Waals surface area contributed by atoms with Crippen LogP contribution in [0, 0.1) is 0 Å². The third-order valence-corrected chi connectivity index (χ3v) is 2.75. The van der Waals surface area contributed by atoms with Gasteiger partial charge in [-0.2, -0.15) is 5.10 Å². The van der Waals surface area contributed by atoms with Gasteiger partial charge in [0.25, 0.3) is 0 Å². The van der Waals surface area contributed by atoms with Crippen LogP contribution in [-0.2, 0) is 4.79 Å². The highest BCUT2D eigenvalue weighted by molar-refractivity contribution is 5.73. The molecule has 0 aromatic carbocycles. The maximum atomic E-state index is 10.5. The molecule has 0 saturated heterocycles. The molecule has 0 heterocycles. The minimum atomic E-state index is -0.103. The summed E-state index contributed by atoms with van der Waals surface area (Å²) in [5.74, 6) is -0.103. The number of carbonyl (C=O) groups is 1. The summed E-state index contributed by atoms with van der Waals surface area (Å²) >= 11 is 0. The van der Waals surface area contributed by atoms with E-state index >= 15 is 0 Å². The minimum absolute atomic E-state index is 0.103. The molecule has 1 amide bonds. The molecule has 0 rings (SSSR count). The molecule has 0 radical (unpaired) electrons. The van der Waals surface area contributed by atoms with Crippen molar-refractivity contribution in [3.8, 4) is 0 Å². The SMILES string of the molecule is CCCCCCCCCCC/C=N/NC(C)=O. The van der Waals surface area contributed by atoms with Crippen molar-refractivity contribution in [3.05, 3.63) is 0 Å². The Morgan fingerprint density at radius 1 is 1.00 bits per heavy atom. The second-order valence-electron chi connectivity index (χ2n) is 4.60. The Bertz CT molecular complexity index is 202.